The number of rotatable bonds is 5. The van der Waals surface area contributed by atoms with Gasteiger partial charge in [-0.2, -0.15) is 0 Å². The van der Waals surface area contributed by atoms with E-state index >= 15 is 0 Å². The van der Waals surface area contributed by atoms with E-state index < -0.39 is 0 Å². The van der Waals surface area contributed by atoms with Gasteiger partial charge in [-0.25, -0.2) is 9.97 Å². The maximum absolute atomic E-state index is 10.3. The first kappa shape index (κ1) is 17.2. The molecule has 3 atom stereocenters. The van der Waals surface area contributed by atoms with Gasteiger partial charge in [0.25, 0.3) is 0 Å². The summed E-state index contributed by atoms with van der Waals surface area (Å²) < 4.78 is 5.59. The van der Waals surface area contributed by atoms with Crippen molar-refractivity contribution in [2.75, 3.05) is 0 Å². The van der Waals surface area contributed by atoms with E-state index in [2.05, 4.69) is 29.1 Å². The van der Waals surface area contributed by atoms with Gasteiger partial charge >= 0.3 is 0 Å². The molecule has 22 heavy (non-hydrogen) atoms. The molecule has 1 aromatic heterocycles. The van der Waals surface area contributed by atoms with E-state index in [0.717, 1.165) is 31.5 Å². The molecule has 1 saturated heterocycles. The van der Waals surface area contributed by atoms with Crippen LogP contribution in [0, 0.1) is 5.92 Å². The lowest BCUT2D eigenvalue weighted by molar-refractivity contribution is 0.112. The summed E-state index contributed by atoms with van der Waals surface area (Å²) in [6.45, 7) is 8.34. The SMILES string of the molecule is CC(C)CC1NC(c2ncc(OC(C)C)cn2)CCCC1O. The number of aromatic nitrogens is 2. The van der Waals surface area contributed by atoms with Gasteiger partial charge in [-0.1, -0.05) is 13.8 Å². The Labute approximate surface area is 133 Å². The second-order valence-corrected chi connectivity index (χ2v) is 6.90. The molecule has 1 aromatic rings. The summed E-state index contributed by atoms with van der Waals surface area (Å²) in [6, 6.07) is 0.219. The maximum atomic E-state index is 10.3. The number of nitrogens with one attached hydrogen (secondary N) is 1. The standard InChI is InChI=1S/C17H29N3O2/c1-11(2)8-15-16(21)7-5-6-14(20-15)17-18-9-13(10-19-17)22-12(3)4/h9-12,14-16,20-21H,5-8H2,1-4H3. The third kappa shape index (κ3) is 4.92. The topological polar surface area (TPSA) is 67.3 Å². The van der Waals surface area contributed by atoms with Crippen LogP contribution in [0.15, 0.2) is 12.4 Å². The molecule has 0 amide bonds. The third-order valence-electron chi connectivity index (χ3n) is 3.93. The molecule has 3 unspecified atom stereocenters. The fourth-order valence-corrected chi connectivity index (χ4v) is 2.96. The van der Waals surface area contributed by atoms with Gasteiger partial charge in [0.15, 0.2) is 5.75 Å². The van der Waals surface area contributed by atoms with E-state index in [1.165, 1.54) is 0 Å². The summed E-state index contributed by atoms with van der Waals surface area (Å²) in [6.07, 6.45) is 7.07. The molecule has 5 heteroatoms. The van der Waals surface area contributed by atoms with Crippen LogP contribution in [0.1, 0.15) is 65.2 Å². The van der Waals surface area contributed by atoms with Crippen molar-refractivity contribution in [3.8, 4) is 5.75 Å². The van der Waals surface area contributed by atoms with Gasteiger partial charge in [0.2, 0.25) is 0 Å². The Bertz CT molecular complexity index is 448. The van der Waals surface area contributed by atoms with Crippen LogP contribution in [0.3, 0.4) is 0 Å². The highest BCUT2D eigenvalue weighted by atomic mass is 16.5. The minimum atomic E-state index is -0.282. The molecular weight excluding hydrogens is 278 g/mol. The van der Waals surface area contributed by atoms with Gasteiger partial charge in [0.05, 0.1) is 30.6 Å². The van der Waals surface area contributed by atoms with Crippen LogP contribution in [-0.2, 0) is 0 Å². The molecule has 0 saturated carbocycles. The Balaban J connectivity index is 2.06. The van der Waals surface area contributed by atoms with Crippen LogP contribution in [-0.4, -0.2) is 33.3 Å². The number of aliphatic hydroxyl groups excluding tert-OH is 1. The van der Waals surface area contributed by atoms with Gasteiger partial charge in [0, 0.05) is 6.04 Å². The lowest BCUT2D eigenvalue weighted by Gasteiger charge is -2.26. The number of hydrogen-bond acceptors (Lipinski definition) is 5. The molecule has 1 aliphatic rings. The predicted molar refractivity (Wildman–Crippen MR) is 86.8 cm³/mol. The van der Waals surface area contributed by atoms with E-state index in [1.54, 1.807) is 12.4 Å². The molecule has 1 aliphatic heterocycles. The summed E-state index contributed by atoms with van der Waals surface area (Å²) in [4.78, 5) is 8.91. The molecule has 0 aromatic carbocycles. The van der Waals surface area contributed by atoms with E-state index in [4.69, 9.17) is 4.74 Å². The average Bonchev–Trinajstić information content (AvgIpc) is 2.61. The molecule has 124 valence electrons. The van der Waals surface area contributed by atoms with Crippen LogP contribution >= 0.6 is 0 Å². The number of ether oxygens (including phenoxy) is 1. The number of nitrogens with zero attached hydrogens (tertiary/aromatic N) is 2. The fraction of sp³-hybridized carbons (Fsp3) is 0.765. The molecule has 0 aliphatic carbocycles. The summed E-state index contributed by atoms with van der Waals surface area (Å²) in [5.74, 6) is 2.04. The molecule has 0 spiro atoms. The van der Waals surface area contributed by atoms with Gasteiger partial charge in [-0.3, -0.25) is 0 Å². The Morgan fingerprint density at radius 1 is 1.23 bits per heavy atom. The average molecular weight is 307 g/mol. The quantitative estimate of drug-likeness (QED) is 0.875. The molecule has 0 radical (unpaired) electrons. The fourth-order valence-electron chi connectivity index (χ4n) is 2.96. The second-order valence-electron chi connectivity index (χ2n) is 6.90. The van der Waals surface area contributed by atoms with Crippen molar-refractivity contribution in [1.29, 1.82) is 0 Å². The van der Waals surface area contributed by atoms with Crippen molar-refractivity contribution in [3.05, 3.63) is 18.2 Å². The van der Waals surface area contributed by atoms with Crippen molar-refractivity contribution in [2.24, 2.45) is 5.92 Å². The van der Waals surface area contributed by atoms with Gasteiger partial charge in [-0.15, -0.1) is 0 Å². The normalized spacial score (nSPS) is 26.2. The first-order chi connectivity index (χ1) is 10.5. The zero-order valence-corrected chi connectivity index (χ0v) is 14.1. The van der Waals surface area contributed by atoms with Gasteiger partial charge in [-0.05, 0) is 45.4 Å². The Kier molecular flexibility index (Phi) is 6.15. The van der Waals surface area contributed by atoms with E-state index in [-0.39, 0.29) is 24.3 Å². The van der Waals surface area contributed by atoms with Crippen molar-refractivity contribution in [1.82, 2.24) is 15.3 Å². The minimum absolute atomic E-state index is 0.106. The summed E-state index contributed by atoms with van der Waals surface area (Å²) >= 11 is 0. The van der Waals surface area contributed by atoms with Crippen LogP contribution in [0.25, 0.3) is 0 Å². The smallest absolute Gasteiger partial charge is 0.156 e. The minimum Gasteiger partial charge on any atom is -0.488 e. The number of hydrogen-bond donors (Lipinski definition) is 2. The van der Waals surface area contributed by atoms with Crippen LogP contribution in [0.2, 0.25) is 0 Å². The van der Waals surface area contributed by atoms with E-state index in [1.807, 2.05) is 13.8 Å². The second kappa shape index (κ2) is 7.88. The highest BCUT2D eigenvalue weighted by Gasteiger charge is 2.28. The summed E-state index contributed by atoms with van der Waals surface area (Å²) in [7, 11) is 0. The van der Waals surface area contributed by atoms with Crippen molar-refractivity contribution in [3.63, 3.8) is 0 Å². The first-order valence-electron chi connectivity index (χ1n) is 8.38. The van der Waals surface area contributed by atoms with Crippen molar-refractivity contribution in [2.45, 2.75) is 77.7 Å². The molecule has 0 bridgehead atoms. The van der Waals surface area contributed by atoms with Crippen LogP contribution in [0.4, 0.5) is 0 Å². The summed E-state index contributed by atoms with van der Waals surface area (Å²) in [5.41, 5.74) is 0. The summed E-state index contributed by atoms with van der Waals surface area (Å²) in [5, 5.41) is 13.8. The lowest BCUT2D eigenvalue weighted by Crippen LogP contribution is -2.41. The monoisotopic (exact) mass is 307 g/mol. The third-order valence-corrected chi connectivity index (χ3v) is 3.93. The highest BCUT2D eigenvalue weighted by molar-refractivity contribution is 5.14. The van der Waals surface area contributed by atoms with Gasteiger partial charge in [0.1, 0.15) is 5.82 Å². The molecule has 1 fully saturated rings. The Morgan fingerprint density at radius 3 is 2.50 bits per heavy atom. The largest absolute Gasteiger partial charge is 0.488 e. The number of aliphatic hydroxyl groups is 1. The van der Waals surface area contributed by atoms with Gasteiger partial charge < -0.3 is 15.2 Å². The Hall–Kier alpha value is -1.20. The van der Waals surface area contributed by atoms with Crippen LogP contribution in [0.5, 0.6) is 5.75 Å². The lowest BCUT2D eigenvalue weighted by atomic mass is 9.97. The zero-order valence-electron chi connectivity index (χ0n) is 14.1. The predicted octanol–water partition coefficient (Wildman–Crippen LogP) is 2.85. The first-order valence-corrected chi connectivity index (χ1v) is 8.38. The Morgan fingerprint density at radius 2 is 1.91 bits per heavy atom. The van der Waals surface area contributed by atoms with Crippen molar-refractivity contribution >= 4 is 0 Å². The van der Waals surface area contributed by atoms with Crippen molar-refractivity contribution < 1.29 is 9.84 Å². The maximum Gasteiger partial charge on any atom is 0.156 e. The van der Waals surface area contributed by atoms with Crippen LogP contribution < -0.4 is 10.1 Å². The van der Waals surface area contributed by atoms with E-state index in [9.17, 15) is 5.11 Å². The molecular formula is C17H29N3O2. The molecule has 2 heterocycles. The molecule has 5 nitrogen and oxygen atoms in total. The highest BCUT2D eigenvalue weighted by Crippen LogP contribution is 2.26. The molecule has 2 N–H and O–H groups in total. The molecule has 2 rings (SSSR count). The zero-order chi connectivity index (χ0) is 16.1. The van der Waals surface area contributed by atoms with E-state index in [0.29, 0.717) is 11.7 Å².